The SMILES string of the molecule is CSC1CCC(n2c(-c3ccccc3)n[nH]c2=S)CC1. The number of hydrogen-bond donors (Lipinski definition) is 1. The second-order valence-corrected chi connectivity index (χ2v) is 6.78. The Labute approximate surface area is 128 Å². The third-order valence-electron chi connectivity index (χ3n) is 4.08. The molecule has 1 aliphatic carbocycles. The van der Waals surface area contributed by atoms with Crippen molar-refractivity contribution in [2.24, 2.45) is 0 Å². The summed E-state index contributed by atoms with van der Waals surface area (Å²) in [5.41, 5.74) is 1.13. The molecule has 1 saturated carbocycles. The normalized spacial score (nSPS) is 22.9. The van der Waals surface area contributed by atoms with Crippen LogP contribution in [0.2, 0.25) is 0 Å². The first-order valence-electron chi connectivity index (χ1n) is 7.04. The van der Waals surface area contributed by atoms with Crippen LogP contribution in [-0.4, -0.2) is 26.3 Å². The lowest BCUT2D eigenvalue weighted by molar-refractivity contribution is 0.359. The number of thioether (sulfide) groups is 1. The van der Waals surface area contributed by atoms with Crippen LogP contribution >= 0.6 is 24.0 Å². The summed E-state index contributed by atoms with van der Waals surface area (Å²) in [4.78, 5) is 0. The average molecular weight is 305 g/mol. The van der Waals surface area contributed by atoms with E-state index in [4.69, 9.17) is 12.2 Å². The van der Waals surface area contributed by atoms with Gasteiger partial charge in [0.15, 0.2) is 10.6 Å². The summed E-state index contributed by atoms with van der Waals surface area (Å²) in [5.74, 6) is 0.975. The highest BCUT2D eigenvalue weighted by atomic mass is 32.2. The van der Waals surface area contributed by atoms with Crippen molar-refractivity contribution < 1.29 is 0 Å². The summed E-state index contributed by atoms with van der Waals surface area (Å²) >= 11 is 7.44. The Morgan fingerprint density at radius 1 is 1.20 bits per heavy atom. The third kappa shape index (κ3) is 2.69. The van der Waals surface area contributed by atoms with Gasteiger partial charge in [0.05, 0.1) is 0 Å². The molecule has 0 unspecified atom stereocenters. The lowest BCUT2D eigenvalue weighted by atomic mass is 9.94. The van der Waals surface area contributed by atoms with Gasteiger partial charge in [-0.2, -0.15) is 16.9 Å². The molecule has 106 valence electrons. The molecule has 1 aliphatic rings. The molecule has 1 aromatic heterocycles. The highest BCUT2D eigenvalue weighted by Gasteiger charge is 2.24. The maximum absolute atomic E-state index is 5.45. The third-order valence-corrected chi connectivity index (χ3v) is 5.50. The van der Waals surface area contributed by atoms with Crippen LogP contribution in [0.4, 0.5) is 0 Å². The van der Waals surface area contributed by atoms with Gasteiger partial charge in [-0.25, -0.2) is 0 Å². The van der Waals surface area contributed by atoms with Crippen molar-refractivity contribution in [2.45, 2.75) is 37.0 Å². The molecule has 1 heterocycles. The lowest BCUT2D eigenvalue weighted by Crippen LogP contribution is -2.20. The standard InChI is InChI=1S/C15H19N3S2/c1-20-13-9-7-12(8-10-13)18-14(16-17-15(18)19)11-5-3-2-4-6-11/h2-6,12-13H,7-10H2,1H3,(H,17,19). The fourth-order valence-electron chi connectivity index (χ4n) is 2.97. The van der Waals surface area contributed by atoms with Gasteiger partial charge in [-0.05, 0) is 44.2 Å². The molecule has 2 aromatic rings. The van der Waals surface area contributed by atoms with Crippen LogP contribution < -0.4 is 0 Å². The van der Waals surface area contributed by atoms with Crippen LogP contribution in [-0.2, 0) is 0 Å². The smallest absolute Gasteiger partial charge is 0.195 e. The molecule has 3 nitrogen and oxygen atoms in total. The number of aromatic nitrogens is 3. The van der Waals surface area contributed by atoms with E-state index in [9.17, 15) is 0 Å². The van der Waals surface area contributed by atoms with Crippen molar-refractivity contribution in [2.75, 3.05) is 6.26 Å². The molecule has 0 bridgehead atoms. The van der Waals surface area contributed by atoms with E-state index in [-0.39, 0.29) is 0 Å². The highest BCUT2D eigenvalue weighted by Crippen LogP contribution is 2.35. The summed E-state index contributed by atoms with van der Waals surface area (Å²) in [6.07, 6.45) is 7.14. The minimum atomic E-state index is 0.486. The predicted octanol–water partition coefficient (Wildman–Crippen LogP) is 4.45. The van der Waals surface area contributed by atoms with Gasteiger partial charge in [0.2, 0.25) is 0 Å². The van der Waals surface area contributed by atoms with Crippen molar-refractivity contribution in [3.8, 4) is 11.4 Å². The van der Waals surface area contributed by atoms with Gasteiger partial charge in [0.25, 0.3) is 0 Å². The molecular weight excluding hydrogens is 286 g/mol. The lowest BCUT2D eigenvalue weighted by Gasteiger charge is -2.28. The fourth-order valence-corrected chi connectivity index (χ4v) is 4.00. The predicted molar refractivity (Wildman–Crippen MR) is 87.7 cm³/mol. The Kier molecular flexibility index (Phi) is 4.27. The summed E-state index contributed by atoms with van der Waals surface area (Å²) in [5, 5.41) is 8.22. The number of benzene rings is 1. The van der Waals surface area contributed by atoms with Crippen LogP contribution in [0.5, 0.6) is 0 Å². The van der Waals surface area contributed by atoms with E-state index in [1.165, 1.54) is 25.7 Å². The number of nitrogens with one attached hydrogen (secondary N) is 1. The molecule has 1 fully saturated rings. The molecule has 20 heavy (non-hydrogen) atoms. The summed E-state index contributed by atoms with van der Waals surface area (Å²) in [6.45, 7) is 0. The van der Waals surface area contributed by atoms with Gasteiger partial charge in [-0.3, -0.25) is 9.67 Å². The first-order chi connectivity index (χ1) is 9.79. The van der Waals surface area contributed by atoms with Gasteiger partial charge in [0, 0.05) is 16.9 Å². The van der Waals surface area contributed by atoms with Gasteiger partial charge < -0.3 is 0 Å². The molecule has 0 amide bonds. The molecule has 0 atom stereocenters. The molecule has 1 aromatic carbocycles. The molecule has 0 spiro atoms. The zero-order valence-electron chi connectivity index (χ0n) is 11.6. The number of aromatic amines is 1. The Hall–Kier alpha value is -1.07. The Bertz CT molecular complexity index is 610. The average Bonchev–Trinajstić information content (AvgIpc) is 2.90. The second-order valence-electron chi connectivity index (χ2n) is 5.25. The van der Waals surface area contributed by atoms with Crippen LogP contribution in [0.3, 0.4) is 0 Å². The Morgan fingerprint density at radius 3 is 2.55 bits per heavy atom. The Morgan fingerprint density at radius 2 is 1.90 bits per heavy atom. The first kappa shape index (κ1) is 13.9. The van der Waals surface area contributed by atoms with Crippen LogP contribution in [0.1, 0.15) is 31.7 Å². The molecule has 3 rings (SSSR count). The number of H-pyrrole nitrogens is 1. The molecule has 1 N–H and O–H groups in total. The molecular formula is C15H19N3S2. The molecule has 0 radical (unpaired) electrons. The number of rotatable bonds is 3. The van der Waals surface area contributed by atoms with E-state index in [1.807, 2.05) is 30.0 Å². The quantitative estimate of drug-likeness (QED) is 0.850. The highest BCUT2D eigenvalue weighted by molar-refractivity contribution is 7.99. The van der Waals surface area contributed by atoms with E-state index < -0.39 is 0 Å². The van der Waals surface area contributed by atoms with E-state index in [1.54, 1.807) is 0 Å². The monoisotopic (exact) mass is 305 g/mol. The molecule has 0 aliphatic heterocycles. The summed E-state index contributed by atoms with van der Waals surface area (Å²) < 4.78 is 2.97. The minimum Gasteiger partial charge on any atom is -0.297 e. The van der Waals surface area contributed by atoms with E-state index >= 15 is 0 Å². The van der Waals surface area contributed by atoms with Gasteiger partial charge >= 0.3 is 0 Å². The zero-order chi connectivity index (χ0) is 13.9. The topological polar surface area (TPSA) is 33.6 Å². The van der Waals surface area contributed by atoms with Gasteiger partial charge in [-0.15, -0.1) is 0 Å². The van der Waals surface area contributed by atoms with Crippen molar-refractivity contribution in [3.63, 3.8) is 0 Å². The van der Waals surface area contributed by atoms with Crippen LogP contribution in [0.15, 0.2) is 30.3 Å². The summed E-state index contributed by atoms with van der Waals surface area (Å²) in [6, 6.07) is 10.8. The number of nitrogens with zero attached hydrogens (tertiary/aromatic N) is 2. The van der Waals surface area contributed by atoms with Crippen molar-refractivity contribution in [1.82, 2.24) is 14.8 Å². The van der Waals surface area contributed by atoms with Crippen molar-refractivity contribution >= 4 is 24.0 Å². The van der Waals surface area contributed by atoms with Crippen molar-refractivity contribution in [3.05, 3.63) is 35.1 Å². The van der Waals surface area contributed by atoms with E-state index in [2.05, 4.69) is 33.2 Å². The van der Waals surface area contributed by atoms with Gasteiger partial charge in [-0.1, -0.05) is 30.3 Å². The zero-order valence-corrected chi connectivity index (χ0v) is 13.2. The minimum absolute atomic E-state index is 0.486. The maximum atomic E-state index is 5.45. The first-order valence-corrected chi connectivity index (χ1v) is 8.74. The van der Waals surface area contributed by atoms with Crippen LogP contribution in [0, 0.1) is 4.77 Å². The Balaban J connectivity index is 1.91. The van der Waals surface area contributed by atoms with Crippen LogP contribution in [0.25, 0.3) is 11.4 Å². The van der Waals surface area contributed by atoms with E-state index in [0.717, 1.165) is 21.4 Å². The molecule has 0 saturated heterocycles. The fraction of sp³-hybridized carbons (Fsp3) is 0.467. The van der Waals surface area contributed by atoms with Crippen molar-refractivity contribution in [1.29, 1.82) is 0 Å². The van der Waals surface area contributed by atoms with E-state index in [0.29, 0.717) is 6.04 Å². The molecule has 5 heteroatoms. The largest absolute Gasteiger partial charge is 0.297 e. The van der Waals surface area contributed by atoms with Gasteiger partial charge in [0.1, 0.15) is 0 Å². The maximum Gasteiger partial charge on any atom is 0.195 e. The second kappa shape index (κ2) is 6.14. The summed E-state index contributed by atoms with van der Waals surface area (Å²) in [7, 11) is 0. The number of hydrogen-bond acceptors (Lipinski definition) is 3.